The van der Waals surface area contributed by atoms with Gasteiger partial charge in [-0.3, -0.25) is 4.98 Å². The zero-order chi connectivity index (χ0) is 13.8. The topological polar surface area (TPSA) is 81.4 Å². The molecule has 0 amide bonds. The molecule has 3 aromatic heterocycles. The molecule has 7 nitrogen and oxygen atoms in total. The maximum Gasteiger partial charge on any atom is 0.255 e. The molecule has 0 aromatic carbocycles. The quantitative estimate of drug-likeness (QED) is 0.762. The maximum absolute atomic E-state index is 4.42. The molecule has 100 valence electrons. The molecule has 3 aromatic rings. The lowest BCUT2D eigenvalue weighted by molar-refractivity contribution is 0.772. The zero-order valence-corrected chi connectivity index (χ0v) is 10.9. The van der Waals surface area contributed by atoms with Crippen molar-refractivity contribution in [2.24, 2.45) is 0 Å². The standard InChI is InChI=1S/C13H13N7/c1-14-12-17-11(9-10-5-2-3-6-15-10)18-13(19-12)20-8-4-7-16-20/h2-8H,9H2,1H3,(H,14,17,18,19). The summed E-state index contributed by atoms with van der Waals surface area (Å²) in [5.41, 5.74) is 0.909. The molecule has 3 heterocycles. The number of hydrogen-bond donors (Lipinski definition) is 1. The third-order valence-electron chi connectivity index (χ3n) is 2.67. The van der Waals surface area contributed by atoms with Crippen LogP contribution in [0.3, 0.4) is 0 Å². The Balaban J connectivity index is 1.96. The highest BCUT2D eigenvalue weighted by Gasteiger charge is 2.08. The Hall–Kier alpha value is -2.83. The Labute approximate surface area is 115 Å². The maximum atomic E-state index is 4.42. The summed E-state index contributed by atoms with van der Waals surface area (Å²) in [7, 11) is 1.77. The van der Waals surface area contributed by atoms with Crippen LogP contribution >= 0.6 is 0 Å². The second kappa shape index (κ2) is 5.43. The van der Waals surface area contributed by atoms with E-state index >= 15 is 0 Å². The Morgan fingerprint density at radius 3 is 2.75 bits per heavy atom. The minimum absolute atomic E-state index is 0.486. The normalized spacial score (nSPS) is 10.4. The minimum Gasteiger partial charge on any atom is -0.357 e. The van der Waals surface area contributed by atoms with Crippen LogP contribution in [0.1, 0.15) is 11.5 Å². The molecule has 0 saturated heterocycles. The first-order valence-corrected chi connectivity index (χ1v) is 6.18. The fourth-order valence-electron chi connectivity index (χ4n) is 1.75. The third-order valence-corrected chi connectivity index (χ3v) is 2.67. The van der Waals surface area contributed by atoms with E-state index in [0.717, 1.165) is 5.69 Å². The SMILES string of the molecule is CNc1nc(Cc2ccccn2)nc(-n2cccn2)n1. The monoisotopic (exact) mass is 267 g/mol. The van der Waals surface area contributed by atoms with Gasteiger partial charge in [0.15, 0.2) is 0 Å². The largest absolute Gasteiger partial charge is 0.357 e. The van der Waals surface area contributed by atoms with Gasteiger partial charge in [-0.15, -0.1) is 0 Å². The van der Waals surface area contributed by atoms with E-state index < -0.39 is 0 Å². The van der Waals surface area contributed by atoms with Crippen LogP contribution in [0.25, 0.3) is 5.95 Å². The highest BCUT2D eigenvalue weighted by Crippen LogP contribution is 2.08. The molecule has 0 fully saturated rings. The van der Waals surface area contributed by atoms with Crippen LogP contribution in [0, 0.1) is 0 Å². The van der Waals surface area contributed by atoms with E-state index in [2.05, 4.69) is 30.4 Å². The van der Waals surface area contributed by atoms with Gasteiger partial charge in [0.1, 0.15) is 5.82 Å². The van der Waals surface area contributed by atoms with E-state index in [1.807, 2.05) is 24.3 Å². The molecule has 0 saturated carbocycles. The number of anilines is 1. The Bertz CT molecular complexity index is 679. The van der Waals surface area contributed by atoms with Crippen molar-refractivity contribution in [1.29, 1.82) is 0 Å². The molecule has 0 spiro atoms. The Kier molecular flexibility index (Phi) is 3.32. The molecular weight excluding hydrogens is 254 g/mol. The summed E-state index contributed by atoms with van der Waals surface area (Å²) in [6, 6.07) is 7.58. The van der Waals surface area contributed by atoms with Gasteiger partial charge in [-0.2, -0.15) is 20.1 Å². The van der Waals surface area contributed by atoms with Crippen LogP contribution in [0.2, 0.25) is 0 Å². The van der Waals surface area contributed by atoms with Crippen molar-refractivity contribution in [3.8, 4) is 5.95 Å². The van der Waals surface area contributed by atoms with Crippen LogP contribution in [0.15, 0.2) is 42.9 Å². The van der Waals surface area contributed by atoms with E-state index in [9.17, 15) is 0 Å². The van der Waals surface area contributed by atoms with E-state index in [-0.39, 0.29) is 0 Å². The molecule has 0 atom stereocenters. The summed E-state index contributed by atoms with van der Waals surface area (Å²) in [4.78, 5) is 17.3. The van der Waals surface area contributed by atoms with Crippen molar-refractivity contribution in [2.75, 3.05) is 12.4 Å². The summed E-state index contributed by atoms with van der Waals surface area (Å²) in [5, 5.41) is 7.06. The fraction of sp³-hybridized carbons (Fsp3) is 0.154. The number of pyridine rings is 1. The second-order valence-electron chi connectivity index (χ2n) is 4.07. The highest BCUT2D eigenvalue weighted by atomic mass is 15.4. The van der Waals surface area contributed by atoms with Crippen LogP contribution in [-0.2, 0) is 6.42 Å². The lowest BCUT2D eigenvalue weighted by atomic mass is 10.2. The van der Waals surface area contributed by atoms with Gasteiger partial charge >= 0.3 is 0 Å². The van der Waals surface area contributed by atoms with Crippen LogP contribution in [0.4, 0.5) is 5.95 Å². The summed E-state index contributed by atoms with van der Waals surface area (Å²) in [5.74, 6) is 1.64. The van der Waals surface area contributed by atoms with E-state index in [4.69, 9.17) is 0 Å². The van der Waals surface area contributed by atoms with E-state index in [1.165, 1.54) is 0 Å². The highest BCUT2D eigenvalue weighted by molar-refractivity contribution is 5.28. The molecule has 0 aliphatic carbocycles. The number of nitrogens with zero attached hydrogens (tertiary/aromatic N) is 6. The molecule has 0 bridgehead atoms. The van der Waals surface area contributed by atoms with Crippen molar-refractivity contribution < 1.29 is 0 Å². The van der Waals surface area contributed by atoms with Crippen LogP contribution in [0.5, 0.6) is 0 Å². The number of hydrogen-bond acceptors (Lipinski definition) is 6. The van der Waals surface area contributed by atoms with Gasteiger partial charge in [-0.25, -0.2) is 4.68 Å². The minimum atomic E-state index is 0.486. The molecule has 0 aliphatic rings. The number of rotatable bonds is 4. The van der Waals surface area contributed by atoms with Gasteiger partial charge in [0, 0.05) is 31.3 Å². The first-order valence-electron chi connectivity index (χ1n) is 6.18. The smallest absolute Gasteiger partial charge is 0.255 e. The first-order chi connectivity index (χ1) is 9.85. The fourth-order valence-corrected chi connectivity index (χ4v) is 1.75. The van der Waals surface area contributed by atoms with Crippen molar-refractivity contribution in [3.05, 3.63) is 54.4 Å². The van der Waals surface area contributed by atoms with E-state index in [0.29, 0.717) is 24.1 Å². The molecule has 0 aliphatic heterocycles. The zero-order valence-electron chi connectivity index (χ0n) is 10.9. The average molecular weight is 267 g/mol. The molecule has 20 heavy (non-hydrogen) atoms. The first kappa shape index (κ1) is 12.2. The summed E-state index contributed by atoms with van der Waals surface area (Å²) >= 11 is 0. The average Bonchev–Trinajstić information content (AvgIpc) is 3.02. The second-order valence-corrected chi connectivity index (χ2v) is 4.07. The molecule has 0 radical (unpaired) electrons. The lowest BCUT2D eigenvalue weighted by Crippen LogP contribution is -2.10. The van der Waals surface area contributed by atoms with Gasteiger partial charge < -0.3 is 5.32 Å². The third kappa shape index (κ3) is 2.61. The van der Waals surface area contributed by atoms with Crippen LogP contribution in [-0.4, -0.2) is 36.8 Å². The summed E-state index contributed by atoms with van der Waals surface area (Å²) in [6.45, 7) is 0. The number of aromatic nitrogens is 6. The number of nitrogens with one attached hydrogen (secondary N) is 1. The predicted octanol–water partition coefficient (Wildman–Crippen LogP) is 1.08. The van der Waals surface area contributed by atoms with Crippen molar-refractivity contribution in [1.82, 2.24) is 29.7 Å². The predicted molar refractivity (Wildman–Crippen MR) is 73.5 cm³/mol. The van der Waals surface area contributed by atoms with Crippen molar-refractivity contribution in [2.45, 2.75) is 6.42 Å². The van der Waals surface area contributed by atoms with Gasteiger partial charge in [-0.05, 0) is 18.2 Å². The van der Waals surface area contributed by atoms with Gasteiger partial charge in [-0.1, -0.05) is 6.07 Å². The summed E-state index contributed by atoms with van der Waals surface area (Å²) < 4.78 is 1.60. The Morgan fingerprint density at radius 1 is 1.10 bits per heavy atom. The Morgan fingerprint density at radius 2 is 2.05 bits per heavy atom. The van der Waals surface area contributed by atoms with Gasteiger partial charge in [0.25, 0.3) is 5.95 Å². The van der Waals surface area contributed by atoms with Crippen molar-refractivity contribution in [3.63, 3.8) is 0 Å². The lowest BCUT2D eigenvalue weighted by Gasteiger charge is -2.06. The van der Waals surface area contributed by atoms with Crippen molar-refractivity contribution >= 4 is 5.95 Å². The molecule has 1 N–H and O–H groups in total. The van der Waals surface area contributed by atoms with Gasteiger partial charge in [0.05, 0.1) is 6.42 Å². The molecular formula is C13H13N7. The van der Waals surface area contributed by atoms with Crippen LogP contribution < -0.4 is 5.32 Å². The van der Waals surface area contributed by atoms with Gasteiger partial charge in [0.2, 0.25) is 5.95 Å². The summed E-state index contributed by atoms with van der Waals surface area (Å²) in [6.07, 6.45) is 5.77. The molecule has 0 unspecified atom stereocenters. The van der Waals surface area contributed by atoms with E-state index in [1.54, 1.807) is 30.3 Å². The molecule has 3 rings (SSSR count). The molecule has 7 heteroatoms.